The van der Waals surface area contributed by atoms with Gasteiger partial charge in [-0.25, -0.2) is 5.09 Å². The summed E-state index contributed by atoms with van der Waals surface area (Å²) in [5, 5.41) is 3.58. The minimum Gasteiger partial charge on any atom is -0.318 e. The lowest BCUT2D eigenvalue weighted by molar-refractivity contribution is 0.230. The van der Waals surface area contributed by atoms with Gasteiger partial charge < -0.3 is 9.05 Å². The van der Waals surface area contributed by atoms with Crippen LogP contribution < -0.4 is 5.09 Å². The fourth-order valence-electron chi connectivity index (χ4n) is 6.57. The summed E-state index contributed by atoms with van der Waals surface area (Å²) < 4.78 is 12.6. The number of unbranched alkanes of at least 4 members (excludes halogenated alkanes) is 30. The number of nitrogens with one attached hydrogen (secondary N) is 1. The molecule has 1 N–H and O–H groups in total. The Balaban J connectivity index is 3.88. The molecule has 0 rings (SSSR count). The zero-order valence-corrected chi connectivity index (χ0v) is 36.4. The van der Waals surface area contributed by atoms with Crippen LogP contribution in [0.25, 0.3) is 0 Å². The average Bonchev–Trinajstić information content (AvgIpc) is 3.05. The Kier molecular flexibility index (Phi) is 38.5. The molecule has 0 heterocycles. The minimum atomic E-state index is -2.39. The van der Waals surface area contributed by atoms with Crippen molar-refractivity contribution >= 4 is 25.7 Å². The number of hydrogen-bond acceptors (Lipinski definition) is 3. The molecule has 0 atom stereocenters. The molecule has 0 aromatic rings. The normalized spacial score (nSPS) is 12.4. The van der Waals surface area contributed by atoms with Crippen LogP contribution in [0.5, 0.6) is 0 Å². The van der Waals surface area contributed by atoms with Crippen LogP contribution in [0, 0.1) is 0 Å². The van der Waals surface area contributed by atoms with Gasteiger partial charge in [0.05, 0.1) is 19.4 Å². The zero-order chi connectivity index (χ0) is 35.3. The Morgan fingerprint density at radius 3 is 0.896 bits per heavy atom. The highest BCUT2D eigenvalue weighted by molar-refractivity contribution is 8.08. The topological polar surface area (TPSA) is 30.5 Å². The summed E-state index contributed by atoms with van der Waals surface area (Å²) >= 11 is 5.99. The molecule has 0 aliphatic heterocycles. The molecule has 290 valence electrons. The van der Waals surface area contributed by atoms with Crippen molar-refractivity contribution in [1.29, 1.82) is 0 Å². The van der Waals surface area contributed by atoms with Crippen molar-refractivity contribution < 1.29 is 9.05 Å². The zero-order valence-electron chi connectivity index (χ0n) is 33.8. The molecule has 0 bridgehead atoms. The molecule has 0 aromatic carbocycles. The van der Waals surface area contributed by atoms with Gasteiger partial charge in [0.1, 0.15) is 0 Å². The molecule has 0 fully saturated rings. The number of hydrogen-bond donors (Lipinski definition) is 1. The fourth-order valence-corrected chi connectivity index (χ4v) is 9.82. The maximum atomic E-state index is 6.31. The maximum absolute atomic E-state index is 6.31. The van der Waals surface area contributed by atoms with Crippen LogP contribution >= 0.6 is 13.9 Å². The highest BCUT2D eigenvalue weighted by Gasteiger charge is 2.21. The van der Waals surface area contributed by atoms with Crippen LogP contribution in [-0.2, 0) is 20.9 Å². The SMILES string of the molecule is CCCCCCCCCCCCCCCCCCOP(=S)(NCCC[P+](C)(C)C)OCCCCCCCCCCCCCCCCCC. The van der Waals surface area contributed by atoms with Gasteiger partial charge in [0.2, 0.25) is 0 Å². The van der Waals surface area contributed by atoms with Gasteiger partial charge in [-0.15, -0.1) is 0 Å². The summed E-state index contributed by atoms with van der Waals surface area (Å²) in [6.07, 6.45) is 46.9. The molecule has 0 aliphatic rings. The quantitative estimate of drug-likeness (QED) is 0.0500. The molecule has 3 nitrogen and oxygen atoms in total. The molecule has 0 saturated carbocycles. The average molecular weight is 735 g/mol. The van der Waals surface area contributed by atoms with Crippen molar-refractivity contribution in [3.63, 3.8) is 0 Å². The standard InChI is InChI=1S/C42H90NO2P2S/c1-6-8-10-12-14-16-18-20-22-24-26-28-30-32-34-36-40-44-47(48,43-39-38-42-46(3,4)5)45-41-37-35-33-31-29-27-25-23-21-19-17-15-13-11-9-7-2/h6-42H2,1-5H3,(H,43,48)/q+1. The Morgan fingerprint density at radius 1 is 0.396 bits per heavy atom. The Labute approximate surface area is 310 Å². The Bertz CT molecular complexity index is 631. The molecule has 0 unspecified atom stereocenters. The van der Waals surface area contributed by atoms with E-state index in [-0.39, 0.29) is 0 Å². The molecule has 0 saturated heterocycles. The van der Waals surface area contributed by atoms with Crippen LogP contribution in [-0.4, -0.2) is 45.9 Å². The fraction of sp³-hybridized carbons (Fsp3) is 1.00. The van der Waals surface area contributed by atoms with Gasteiger partial charge in [0.25, 0.3) is 6.64 Å². The Morgan fingerprint density at radius 2 is 0.646 bits per heavy atom. The molecular formula is C42H90NO2P2S+. The van der Waals surface area contributed by atoms with E-state index < -0.39 is 13.9 Å². The van der Waals surface area contributed by atoms with Gasteiger partial charge in [-0.2, -0.15) is 0 Å². The van der Waals surface area contributed by atoms with Gasteiger partial charge >= 0.3 is 0 Å². The third-order valence-electron chi connectivity index (χ3n) is 9.83. The summed E-state index contributed by atoms with van der Waals surface area (Å²) in [5.74, 6) is 0. The van der Waals surface area contributed by atoms with Gasteiger partial charge in [0.15, 0.2) is 0 Å². The minimum absolute atomic E-state index is 0.744. The summed E-state index contributed by atoms with van der Waals surface area (Å²) in [6.45, 7) is 11.9. The summed E-state index contributed by atoms with van der Waals surface area (Å²) in [5.41, 5.74) is 0. The van der Waals surface area contributed by atoms with Crippen LogP contribution in [0.3, 0.4) is 0 Å². The molecule has 48 heavy (non-hydrogen) atoms. The molecule has 6 heteroatoms. The van der Waals surface area contributed by atoms with E-state index >= 15 is 0 Å². The predicted octanol–water partition coefficient (Wildman–Crippen LogP) is 15.7. The molecule has 0 aromatic heterocycles. The van der Waals surface area contributed by atoms with Crippen molar-refractivity contribution in [3.8, 4) is 0 Å². The predicted molar refractivity (Wildman–Crippen MR) is 227 cm³/mol. The first-order valence-corrected chi connectivity index (χ1v) is 27.7. The third kappa shape index (κ3) is 39.7. The lowest BCUT2D eigenvalue weighted by Gasteiger charge is -2.24. The second-order valence-electron chi connectivity index (χ2n) is 16.0. The highest BCUT2D eigenvalue weighted by atomic mass is 32.5. The molecule has 0 aliphatic carbocycles. The smallest absolute Gasteiger partial charge is 0.261 e. The van der Waals surface area contributed by atoms with Gasteiger partial charge in [-0.1, -0.05) is 206 Å². The first-order chi connectivity index (χ1) is 23.3. The highest BCUT2D eigenvalue weighted by Crippen LogP contribution is 2.48. The second-order valence-corrected chi connectivity index (χ2v) is 24.3. The molecule has 0 spiro atoms. The van der Waals surface area contributed by atoms with Crippen LogP contribution in [0.2, 0.25) is 0 Å². The lowest BCUT2D eigenvalue weighted by Crippen LogP contribution is -2.18. The van der Waals surface area contributed by atoms with Crippen molar-refractivity contribution in [1.82, 2.24) is 5.09 Å². The first kappa shape index (κ1) is 49.0. The van der Waals surface area contributed by atoms with Crippen molar-refractivity contribution in [2.24, 2.45) is 0 Å². The summed E-state index contributed by atoms with van der Waals surface area (Å²) in [7, 11) is -0.753. The monoisotopic (exact) mass is 735 g/mol. The van der Waals surface area contributed by atoms with E-state index in [0.29, 0.717) is 0 Å². The van der Waals surface area contributed by atoms with Crippen molar-refractivity contribution in [2.75, 3.05) is 45.9 Å². The van der Waals surface area contributed by atoms with Gasteiger partial charge in [0, 0.05) is 33.8 Å². The van der Waals surface area contributed by atoms with E-state index in [4.69, 9.17) is 20.9 Å². The number of rotatable bonds is 41. The van der Waals surface area contributed by atoms with Crippen molar-refractivity contribution in [2.45, 2.75) is 226 Å². The van der Waals surface area contributed by atoms with E-state index in [1.54, 1.807) is 0 Å². The van der Waals surface area contributed by atoms with Gasteiger partial charge in [-0.3, -0.25) is 0 Å². The van der Waals surface area contributed by atoms with Crippen molar-refractivity contribution in [3.05, 3.63) is 0 Å². The summed E-state index contributed by atoms with van der Waals surface area (Å²) in [4.78, 5) is 0. The van der Waals surface area contributed by atoms with E-state index in [0.717, 1.165) is 32.6 Å². The third-order valence-corrected chi connectivity index (χ3v) is 14.2. The van der Waals surface area contributed by atoms with E-state index in [1.807, 2.05) is 0 Å². The van der Waals surface area contributed by atoms with Crippen LogP contribution in [0.1, 0.15) is 226 Å². The van der Waals surface area contributed by atoms with E-state index in [1.165, 1.54) is 205 Å². The molecule has 0 amide bonds. The lowest BCUT2D eigenvalue weighted by atomic mass is 10.0. The first-order valence-electron chi connectivity index (χ1n) is 21.8. The van der Waals surface area contributed by atoms with E-state index in [2.05, 4.69) is 38.9 Å². The van der Waals surface area contributed by atoms with E-state index in [9.17, 15) is 0 Å². The van der Waals surface area contributed by atoms with Crippen LogP contribution in [0.15, 0.2) is 0 Å². The molecular weight excluding hydrogens is 644 g/mol. The Hall–Kier alpha value is 0.960. The maximum Gasteiger partial charge on any atom is 0.261 e. The largest absolute Gasteiger partial charge is 0.318 e. The molecule has 0 radical (unpaired) electrons. The van der Waals surface area contributed by atoms with Gasteiger partial charge in [-0.05, 0) is 31.1 Å². The summed E-state index contributed by atoms with van der Waals surface area (Å²) in [6, 6.07) is 0. The van der Waals surface area contributed by atoms with Crippen LogP contribution in [0.4, 0.5) is 0 Å². The second kappa shape index (κ2) is 37.7.